The van der Waals surface area contributed by atoms with Crippen LogP contribution in [0.1, 0.15) is 58.7 Å². The highest BCUT2D eigenvalue weighted by Gasteiger charge is 2.51. The van der Waals surface area contributed by atoms with E-state index in [1.165, 1.54) is 0 Å². The van der Waals surface area contributed by atoms with Gasteiger partial charge in [-0.15, -0.1) is 5.10 Å². The third kappa shape index (κ3) is 9.46. The maximum absolute atomic E-state index is 10.1. The fourth-order valence-electron chi connectivity index (χ4n) is 4.67. The van der Waals surface area contributed by atoms with Crippen LogP contribution >= 0.6 is 0 Å². The van der Waals surface area contributed by atoms with Gasteiger partial charge in [0.15, 0.2) is 6.23 Å². The minimum Gasteiger partial charge on any atom is -0.480 e. The van der Waals surface area contributed by atoms with Crippen LogP contribution in [-0.2, 0) is 30.2 Å². The van der Waals surface area contributed by atoms with E-state index in [1.807, 2.05) is 59.3 Å². The number of ether oxygens (including phenoxy) is 2. The molecule has 238 valence electrons. The Hall–Kier alpha value is -3.58. The molecular weight excluding hydrogens is 576 g/mol. The Morgan fingerprint density at radius 2 is 1.62 bits per heavy atom. The third-order valence-electron chi connectivity index (χ3n) is 7.88. The normalized spacial score (nSPS) is 18.4. The van der Waals surface area contributed by atoms with Gasteiger partial charge >= 0.3 is 20.2 Å². The summed E-state index contributed by atoms with van der Waals surface area (Å²) in [5.74, 6) is -0.939. The summed E-state index contributed by atoms with van der Waals surface area (Å²) in [4.78, 5) is 10.1. The molecule has 0 aliphatic carbocycles. The first-order chi connectivity index (χ1) is 21.5. The zero-order valence-electron chi connectivity index (χ0n) is 26.2. The van der Waals surface area contributed by atoms with E-state index in [1.54, 1.807) is 24.3 Å². The van der Waals surface area contributed by atoms with Crippen molar-refractivity contribution in [1.82, 2.24) is 15.0 Å². The second-order valence-electron chi connectivity index (χ2n) is 11.8. The van der Waals surface area contributed by atoms with Crippen molar-refractivity contribution in [2.24, 2.45) is 0 Å². The van der Waals surface area contributed by atoms with Gasteiger partial charge in [-0.05, 0) is 75.6 Å². The molecule has 0 bridgehead atoms. The molecule has 13 heteroatoms. The molecule has 3 aromatic carbocycles. The van der Waals surface area contributed by atoms with Crippen LogP contribution in [0, 0.1) is 0 Å². The number of nitrogens with zero attached hydrogens (tertiary/aromatic N) is 3. The number of hydrogen-bond donors (Lipinski definition) is 3. The van der Waals surface area contributed by atoms with Crippen LogP contribution in [-0.4, -0.2) is 74.8 Å². The molecule has 2 saturated heterocycles. The fraction of sp³-hybridized carbons (Fsp3) is 0.406. The van der Waals surface area contributed by atoms with Gasteiger partial charge in [-0.2, -0.15) is 0 Å². The summed E-state index contributed by atoms with van der Waals surface area (Å²) in [6.45, 7) is 9.13. The molecule has 2 aliphatic heterocycles. The topological polar surface area (TPSA) is 145 Å². The Bertz CT molecular complexity index is 1480. The van der Waals surface area contributed by atoms with Crippen LogP contribution in [0.2, 0.25) is 0 Å². The van der Waals surface area contributed by atoms with Crippen molar-refractivity contribution >= 4 is 42.2 Å². The molecule has 2 fully saturated rings. The van der Waals surface area contributed by atoms with Crippen molar-refractivity contribution in [3.63, 3.8) is 0 Å². The number of fused-ring (bicyclic) bond motifs is 1. The minimum atomic E-state index is -1.34. The molecular formula is C32H41B2N3O8. The molecule has 4 aromatic rings. The highest BCUT2D eigenvalue weighted by Crippen LogP contribution is 2.36. The lowest BCUT2D eigenvalue weighted by Gasteiger charge is -2.32. The molecule has 1 aromatic heterocycles. The van der Waals surface area contributed by atoms with Crippen LogP contribution in [0.5, 0.6) is 0 Å². The quantitative estimate of drug-likeness (QED) is 0.265. The second-order valence-corrected chi connectivity index (χ2v) is 11.8. The first kappa shape index (κ1) is 34.3. The van der Waals surface area contributed by atoms with Crippen LogP contribution in [0.15, 0.2) is 78.9 Å². The van der Waals surface area contributed by atoms with E-state index in [-0.39, 0.29) is 31.2 Å². The molecule has 0 saturated carbocycles. The van der Waals surface area contributed by atoms with E-state index in [0.717, 1.165) is 47.9 Å². The standard InChI is InChI=1S/C17H24BN3O3.C9H10O3.C6H7BO2/c1-16(2)17(3,4)24-18(23-16)12-8-9-14-13(11-12)19-20-21(14)15-7-5-6-10-22-15;10-9(11)7-12-6-8-4-2-1-3-5-8;8-7(9)6-4-2-1-3-5-6/h8-9,11,15H,5-7,10H2,1-4H3;1-5H,6-7H2,(H,10,11);1-5,8-9H. The highest BCUT2D eigenvalue weighted by molar-refractivity contribution is 6.62. The van der Waals surface area contributed by atoms with E-state index in [0.29, 0.717) is 12.1 Å². The molecule has 1 unspecified atom stereocenters. The first-order valence-electron chi connectivity index (χ1n) is 15.0. The van der Waals surface area contributed by atoms with Crippen LogP contribution in [0.3, 0.4) is 0 Å². The average Bonchev–Trinajstić information content (AvgIpc) is 3.55. The summed E-state index contributed by atoms with van der Waals surface area (Å²) in [5.41, 5.74) is 3.62. The Labute approximate surface area is 264 Å². The summed E-state index contributed by atoms with van der Waals surface area (Å²) in [6.07, 6.45) is 3.26. The summed E-state index contributed by atoms with van der Waals surface area (Å²) in [6, 6.07) is 24.2. The van der Waals surface area contributed by atoms with Crippen molar-refractivity contribution < 1.29 is 38.7 Å². The smallest absolute Gasteiger partial charge is 0.480 e. The predicted molar refractivity (Wildman–Crippen MR) is 172 cm³/mol. The molecule has 0 amide bonds. The second kappa shape index (κ2) is 15.6. The number of benzene rings is 3. The first-order valence-corrected chi connectivity index (χ1v) is 15.0. The summed E-state index contributed by atoms with van der Waals surface area (Å²) < 4.78 is 24.8. The Morgan fingerprint density at radius 1 is 0.978 bits per heavy atom. The van der Waals surface area contributed by atoms with Crippen molar-refractivity contribution in [3.05, 3.63) is 84.4 Å². The van der Waals surface area contributed by atoms with E-state index >= 15 is 0 Å². The monoisotopic (exact) mass is 617 g/mol. The molecule has 11 nitrogen and oxygen atoms in total. The zero-order chi connectivity index (χ0) is 32.5. The zero-order valence-corrected chi connectivity index (χ0v) is 26.2. The lowest BCUT2D eigenvalue weighted by Crippen LogP contribution is -2.41. The molecule has 0 spiro atoms. The molecule has 45 heavy (non-hydrogen) atoms. The SMILES string of the molecule is CC1(C)OB(c2ccc3c(c2)nnn3C2CCCCO2)OC1(C)C.O=C(O)COCc1ccccc1.OB(O)c1ccccc1. The minimum absolute atomic E-state index is 0.00792. The van der Waals surface area contributed by atoms with Gasteiger partial charge in [0, 0.05) is 6.61 Å². The fourth-order valence-corrected chi connectivity index (χ4v) is 4.67. The van der Waals surface area contributed by atoms with Gasteiger partial charge in [-0.3, -0.25) is 0 Å². The van der Waals surface area contributed by atoms with Gasteiger partial charge in [-0.1, -0.05) is 71.9 Å². The van der Waals surface area contributed by atoms with Crippen LogP contribution in [0.4, 0.5) is 0 Å². The Kier molecular flexibility index (Phi) is 11.9. The Balaban J connectivity index is 0.000000182. The van der Waals surface area contributed by atoms with Gasteiger partial charge in [0.1, 0.15) is 12.1 Å². The molecule has 6 rings (SSSR count). The van der Waals surface area contributed by atoms with Crippen molar-refractivity contribution in [2.75, 3.05) is 13.2 Å². The number of carboxylic acids is 1. The number of carboxylic acid groups (broad SMARTS) is 1. The van der Waals surface area contributed by atoms with Crippen molar-refractivity contribution in [1.29, 1.82) is 0 Å². The maximum Gasteiger partial charge on any atom is 0.494 e. The van der Waals surface area contributed by atoms with Gasteiger partial charge < -0.3 is 33.9 Å². The number of carbonyl (C=O) groups is 1. The van der Waals surface area contributed by atoms with Crippen LogP contribution in [0.25, 0.3) is 11.0 Å². The summed E-state index contributed by atoms with van der Waals surface area (Å²) in [5, 5.41) is 34.0. The van der Waals surface area contributed by atoms with Crippen molar-refractivity contribution in [3.8, 4) is 0 Å². The van der Waals surface area contributed by atoms with Crippen LogP contribution < -0.4 is 10.9 Å². The number of aromatic nitrogens is 3. The Morgan fingerprint density at radius 3 is 2.18 bits per heavy atom. The van der Waals surface area contributed by atoms with Crippen molar-refractivity contribution in [2.45, 2.75) is 71.0 Å². The molecule has 3 heterocycles. The lowest BCUT2D eigenvalue weighted by molar-refractivity contribution is -0.142. The van der Waals surface area contributed by atoms with E-state index in [2.05, 4.69) is 38.0 Å². The third-order valence-corrected chi connectivity index (χ3v) is 7.88. The number of aliphatic carboxylic acids is 1. The van der Waals surface area contributed by atoms with Gasteiger partial charge in [0.25, 0.3) is 0 Å². The highest BCUT2D eigenvalue weighted by atomic mass is 16.7. The van der Waals surface area contributed by atoms with E-state index < -0.39 is 13.1 Å². The predicted octanol–water partition coefficient (Wildman–Crippen LogP) is 3.08. The summed E-state index contributed by atoms with van der Waals surface area (Å²) >= 11 is 0. The van der Waals surface area contributed by atoms with Gasteiger partial charge in [0.05, 0.1) is 23.3 Å². The van der Waals surface area contributed by atoms with Gasteiger partial charge in [-0.25, -0.2) is 9.48 Å². The number of rotatable bonds is 7. The molecule has 2 aliphatic rings. The maximum atomic E-state index is 10.1. The molecule has 1 atom stereocenters. The molecule has 0 radical (unpaired) electrons. The van der Waals surface area contributed by atoms with E-state index in [9.17, 15) is 4.79 Å². The average molecular weight is 617 g/mol. The van der Waals surface area contributed by atoms with Gasteiger partial charge in [0.2, 0.25) is 0 Å². The number of hydrogen-bond acceptors (Lipinski definition) is 9. The summed E-state index contributed by atoms with van der Waals surface area (Å²) in [7, 11) is -1.72. The molecule has 3 N–H and O–H groups in total. The van der Waals surface area contributed by atoms with E-state index in [4.69, 9.17) is 33.9 Å². The lowest BCUT2D eigenvalue weighted by atomic mass is 9.79. The largest absolute Gasteiger partial charge is 0.494 e.